The molecule has 1 N–H and O–H groups in total. The van der Waals surface area contributed by atoms with Crippen LogP contribution in [0.4, 0.5) is 0 Å². The molecule has 8 heteroatoms. The average molecular weight is 534 g/mol. The minimum absolute atomic E-state index is 0.277. The number of esters is 1. The minimum atomic E-state index is -1.61. The lowest BCUT2D eigenvalue weighted by Crippen LogP contribution is -2.64. The fourth-order valence-corrected chi connectivity index (χ4v) is 5.04. The Balaban J connectivity index is 1.81. The van der Waals surface area contributed by atoms with Crippen molar-refractivity contribution in [2.24, 2.45) is 0 Å². The Hall–Kier alpha value is -2.07. The van der Waals surface area contributed by atoms with Crippen LogP contribution >= 0.6 is 0 Å². The molecule has 0 spiro atoms. The van der Waals surface area contributed by atoms with Crippen LogP contribution < -0.4 is 4.74 Å². The third-order valence-electron chi connectivity index (χ3n) is 7.62. The molecule has 0 atom stereocenters. The maximum Gasteiger partial charge on any atom is 0.311 e. The lowest BCUT2D eigenvalue weighted by atomic mass is 9.31. The molecule has 0 saturated heterocycles. The van der Waals surface area contributed by atoms with Gasteiger partial charge in [-0.05, 0) is 69.3 Å². The van der Waals surface area contributed by atoms with Gasteiger partial charge in [0.05, 0.1) is 31.4 Å². The first kappa shape index (κ1) is 34.1. The van der Waals surface area contributed by atoms with Crippen molar-refractivity contribution in [1.29, 1.82) is 0 Å². The second-order valence-corrected chi connectivity index (χ2v) is 10.7. The summed E-state index contributed by atoms with van der Waals surface area (Å²) in [7, 11) is 26.2. The normalized spacial score (nSPS) is 12.8. The summed E-state index contributed by atoms with van der Waals surface area (Å²) in [6.07, 6.45) is 23.6. The monoisotopic (exact) mass is 534 g/mol. The van der Waals surface area contributed by atoms with E-state index in [0.29, 0.717) is 36.2 Å². The number of carbonyl (C=O) groups excluding carboxylic acids is 1. The Kier molecular flexibility index (Phi) is 15.1. The molecule has 8 radical (unpaired) electrons. The first-order chi connectivity index (χ1) is 19.2. The summed E-state index contributed by atoms with van der Waals surface area (Å²) in [5.41, 5.74) is 1.24. The molecule has 1 aromatic heterocycles. The van der Waals surface area contributed by atoms with E-state index < -0.39 is 10.6 Å². The fourth-order valence-electron chi connectivity index (χ4n) is 5.04. The number of nitrogens with one attached hydrogen (secondary N) is 1. The van der Waals surface area contributed by atoms with Crippen LogP contribution in [0.3, 0.4) is 0 Å². The largest absolute Gasteiger partial charge is 0.426 e. The number of rotatable bonds is 20. The molecule has 4 nitrogen and oxygen atoms in total. The standard InChI is InChI=1S/C32H46B4N2O2/c1-4-7-8-9-10-11-12-13-14-15-16-17-18-19-20-24-29(39)40-28-23-21-22-27-30(28)26(25-37-27)31(33,34)32(35,36)38(5-2)6-3/h10-11,13-14,21-23,25,37H,4-9,12,15-20,24H2,1-3H3/b11-10-,14-13-. The zero-order valence-corrected chi connectivity index (χ0v) is 25.1. The summed E-state index contributed by atoms with van der Waals surface area (Å²) >= 11 is 0. The number of allylic oxidation sites excluding steroid dienone is 4. The van der Waals surface area contributed by atoms with E-state index in [-0.39, 0.29) is 5.97 Å². The van der Waals surface area contributed by atoms with Gasteiger partial charge in [0.1, 0.15) is 5.75 Å². The van der Waals surface area contributed by atoms with Gasteiger partial charge in [-0.3, -0.25) is 4.79 Å². The molecule has 2 rings (SSSR count). The summed E-state index contributed by atoms with van der Waals surface area (Å²) in [4.78, 5) is 17.7. The van der Waals surface area contributed by atoms with Crippen LogP contribution in [0.25, 0.3) is 10.9 Å². The minimum Gasteiger partial charge on any atom is -0.426 e. The number of hydrogen-bond donors (Lipinski definition) is 1. The molecule has 0 unspecified atom stereocenters. The Labute approximate surface area is 248 Å². The van der Waals surface area contributed by atoms with Crippen LogP contribution in [0.15, 0.2) is 48.7 Å². The van der Waals surface area contributed by atoms with E-state index in [4.69, 9.17) is 36.1 Å². The highest BCUT2D eigenvalue weighted by atomic mass is 16.5. The Morgan fingerprint density at radius 2 is 1.50 bits per heavy atom. The van der Waals surface area contributed by atoms with E-state index in [9.17, 15) is 4.79 Å². The maximum atomic E-state index is 12.7. The van der Waals surface area contributed by atoms with Crippen molar-refractivity contribution in [3.05, 3.63) is 54.3 Å². The van der Waals surface area contributed by atoms with Crippen molar-refractivity contribution in [1.82, 2.24) is 9.88 Å². The van der Waals surface area contributed by atoms with Crippen molar-refractivity contribution >= 4 is 48.3 Å². The highest BCUT2D eigenvalue weighted by molar-refractivity contribution is 6.54. The van der Waals surface area contributed by atoms with E-state index in [1.165, 1.54) is 38.5 Å². The number of unbranched alkanes of at least 4 members (excludes halogenated alkanes) is 8. The predicted octanol–water partition coefficient (Wildman–Crippen LogP) is 6.71. The second-order valence-electron chi connectivity index (χ2n) is 10.7. The van der Waals surface area contributed by atoms with Crippen LogP contribution in [-0.4, -0.2) is 65.7 Å². The lowest BCUT2D eigenvalue weighted by Gasteiger charge is -2.51. The van der Waals surface area contributed by atoms with Crippen molar-refractivity contribution in [2.45, 2.75) is 108 Å². The van der Waals surface area contributed by atoms with Crippen molar-refractivity contribution in [3.8, 4) is 5.75 Å². The maximum absolute atomic E-state index is 12.7. The molecule has 0 amide bonds. The molecule has 1 aromatic carbocycles. The Morgan fingerprint density at radius 3 is 2.15 bits per heavy atom. The highest BCUT2D eigenvalue weighted by Gasteiger charge is 2.41. The van der Waals surface area contributed by atoms with E-state index in [0.717, 1.165) is 37.6 Å². The molecular formula is C32H46B4N2O2. The van der Waals surface area contributed by atoms with Gasteiger partial charge in [-0.15, -0.1) is 0 Å². The van der Waals surface area contributed by atoms with Gasteiger partial charge in [-0.1, -0.05) is 93.8 Å². The summed E-state index contributed by atoms with van der Waals surface area (Å²) in [5.74, 6) is 0.123. The smallest absolute Gasteiger partial charge is 0.311 e. The van der Waals surface area contributed by atoms with Crippen molar-refractivity contribution in [3.63, 3.8) is 0 Å². The fraction of sp³-hybridized carbons (Fsp3) is 0.594. The van der Waals surface area contributed by atoms with E-state index in [1.807, 2.05) is 30.9 Å². The number of benzene rings is 1. The number of hydrogen-bond acceptors (Lipinski definition) is 3. The van der Waals surface area contributed by atoms with Gasteiger partial charge >= 0.3 is 5.97 Å². The van der Waals surface area contributed by atoms with E-state index >= 15 is 0 Å². The van der Waals surface area contributed by atoms with Gasteiger partial charge in [0, 0.05) is 23.5 Å². The zero-order chi connectivity index (χ0) is 29.4. The molecule has 2 aromatic rings. The lowest BCUT2D eigenvalue weighted by molar-refractivity contribution is -0.134. The molecule has 0 aliphatic rings. The van der Waals surface area contributed by atoms with Crippen LogP contribution in [-0.2, 0) is 10.0 Å². The predicted molar refractivity (Wildman–Crippen MR) is 174 cm³/mol. The highest BCUT2D eigenvalue weighted by Crippen LogP contribution is 2.39. The number of ether oxygens (including phenoxy) is 1. The summed E-state index contributed by atoms with van der Waals surface area (Å²) < 4.78 is 5.79. The summed E-state index contributed by atoms with van der Waals surface area (Å²) in [6.45, 7) is 7.29. The molecule has 40 heavy (non-hydrogen) atoms. The number of fused-ring (bicyclic) bond motifs is 1. The molecule has 0 saturated carbocycles. The van der Waals surface area contributed by atoms with Gasteiger partial charge in [0.2, 0.25) is 0 Å². The van der Waals surface area contributed by atoms with Gasteiger partial charge < -0.3 is 14.6 Å². The molecule has 0 bridgehead atoms. The third kappa shape index (κ3) is 9.79. The molecular weight excluding hydrogens is 488 g/mol. The summed E-state index contributed by atoms with van der Waals surface area (Å²) in [6, 6.07) is 5.44. The van der Waals surface area contributed by atoms with Crippen molar-refractivity contribution in [2.75, 3.05) is 13.1 Å². The molecule has 0 fully saturated rings. The average Bonchev–Trinajstić information content (AvgIpc) is 3.37. The van der Waals surface area contributed by atoms with Crippen LogP contribution in [0, 0.1) is 0 Å². The van der Waals surface area contributed by atoms with E-state index in [2.05, 4.69) is 36.2 Å². The Bertz CT molecular complexity index is 1070. The van der Waals surface area contributed by atoms with Gasteiger partial charge in [-0.25, -0.2) is 0 Å². The first-order valence-electron chi connectivity index (χ1n) is 15.2. The number of aromatic nitrogens is 1. The quantitative estimate of drug-likeness (QED) is 0.0676. The van der Waals surface area contributed by atoms with Crippen LogP contribution in [0.2, 0.25) is 0 Å². The van der Waals surface area contributed by atoms with Gasteiger partial charge in [0.25, 0.3) is 0 Å². The number of aromatic amines is 1. The molecule has 0 aliphatic carbocycles. The SMILES string of the molecule is [B]C([B])(c1c[nH]c2cccc(OC(=O)CCCCCCC/C=C\C/C=C\CCCCC)c12)C([B])([B])N(CC)CC. The van der Waals surface area contributed by atoms with E-state index in [1.54, 1.807) is 12.3 Å². The molecule has 208 valence electrons. The number of H-pyrrole nitrogens is 1. The summed E-state index contributed by atoms with van der Waals surface area (Å²) in [5, 5.41) is -2.52. The zero-order valence-electron chi connectivity index (χ0n) is 25.1. The van der Waals surface area contributed by atoms with Crippen molar-refractivity contribution < 1.29 is 9.53 Å². The van der Waals surface area contributed by atoms with Crippen LogP contribution in [0.1, 0.15) is 103 Å². The van der Waals surface area contributed by atoms with Gasteiger partial charge in [0.15, 0.2) is 0 Å². The Morgan fingerprint density at radius 1 is 0.875 bits per heavy atom. The first-order valence-corrected chi connectivity index (χ1v) is 15.2. The number of likely N-dealkylation sites (N-methyl/N-ethyl adjacent to an activating group) is 1. The van der Waals surface area contributed by atoms with Crippen LogP contribution in [0.5, 0.6) is 5.75 Å². The second kappa shape index (κ2) is 17.7. The number of nitrogens with zero attached hydrogens (tertiary/aromatic N) is 1. The van der Waals surface area contributed by atoms with Gasteiger partial charge in [-0.2, -0.15) is 0 Å². The topological polar surface area (TPSA) is 45.3 Å². The molecule has 1 heterocycles. The molecule has 0 aliphatic heterocycles. The third-order valence-corrected chi connectivity index (χ3v) is 7.62. The number of carbonyl (C=O) groups is 1.